The van der Waals surface area contributed by atoms with Crippen molar-refractivity contribution in [3.8, 4) is 5.69 Å². The van der Waals surface area contributed by atoms with Crippen LogP contribution in [-0.4, -0.2) is 15.8 Å². The minimum Gasteiger partial charge on any atom is -0.310 e. The molecule has 3 rings (SSSR count). The smallest absolute Gasteiger partial charge is 0.0648 e. The van der Waals surface area contributed by atoms with Crippen LogP contribution in [0.1, 0.15) is 36.9 Å². The third kappa shape index (κ3) is 2.71. The maximum atomic E-state index is 4.51. The molecule has 1 aliphatic carbocycles. The van der Waals surface area contributed by atoms with Crippen LogP contribution in [0.4, 0.5) is 0 Å². The first-order chi connectivity index (χ1) is 9.34. The van der Waals surface area contributed by atoms with Gasteiger partial charge in [-0.05, 0) is 31.9 Å². The molecule has 3 nitrogen and oxygen atoms in total. The van der Waals surface area contributed by atoms with Crippen LogP contribution in [0, 0.1) is 6.92 Å². The normalized spacial score (nSPS) is 16.1. The second-order valence-electron chi connectivity index (χ2n) is 5.36. The first-order valence-electron chi connectivity index (χ1n) is 7.17. The summed E-state index contributed by atoms with van der Waals surface area (Å²) in [6, 6.07) is 11.0. The molecule has 1 aromatic heterocycles. The fourth-order valence-corrected chi connectivity index (χ4v) is 2.83. The monoisotopic (exact) mass is 255 g/mol. The van der Waals surface area contributed by atoms with Crippen molar-refractivity contribution in [2.45, 2.75) is 45.2 Å². The quantitative estimate of drug-likeness (QED) is 0.909. The Hall–Kier alpha value is -1.61. The van der Waals surface area contributed by atoms with Crippen molar-refractivity contribution in [1.82, 2.24) is 15.1 Å². The molecule has 1 heterocycles. The van der Waals surface area contributed by atoms with Gasteiger partial charge in [0.2, 0.25) is 0 Å². The highest BCUT2D eigenvalue weighted by atomic mass is 15.3. The first kappa shape index (κ1) is 12.4. The summed E-state index contributed by atoms with van der Waals surface area (Å²) in [6.07, 6.45) is 7.39. The molecule has 0 saturated heterocycles. The Kier molecular flexibility index (Phi) is 3.65. The van der Waals surface area contributed by atoms with Gasteiger partial charge in [-0.1, -0.05) is 31.0 Å². The summed E-state index contributed by atoms with van der Waals surface area (Å²) in [5.74, 6) is 0. The van der Waals surface area contributed by atoms with E-state index < -0.39 is 0 Å². The molecule has 19 heavy (non-hydrogen) atoms. The van der Waals surface area contributed by atoms with Crippen molar-refractivity contribution in [2.75, 3.05) is 0 Å². The van der Waals surface area contributed by atoms with E-state index in [2.05, 4.69) is 29.5 Å². The summed E-state index contributed by atoms with van der Waals surface area (Å²) in [6.45, 7) is 3.08. The highest BCUT2D eigenvalue weighted by Crippen LogP contribution is 2.19. The number of hydrogen-bond donors (Lipinski definition) is 1. The lowest BCUT2D eigenvalue weighted by Crippen LogP contribution is -2.25. The number of hydrogen-bond acceptors (Lipinski definition) is 2. The summed E-state index contributed by atoms with van der Waals surface area (Å²) in [4.78, 5) is 0. The number of nitrogens with zero attached hydrogens (tertiary/aromatic N) is 2. The Morgan fingerprint density at radius 1 is 1.21 bits per heavy atom. The van der Waals surface area contributed by atoms with E-state index in [4.69, 9.17) is 0 Å². The van der Waals surface area contributed by atoms with Crippen LogP contribution in [-0.2, 0) is 6.54 Å². The Morgan fingerprint density at radius 3 is 2.68 bits per heavy atom. The molecule has 3 heteroatoms. The molecule has 0 atom stereocenters. The van der Waals surface area contributed by atoms with Crippen molar-refractivity contribution in [2.24, 2.45) is 0 Å². The lowest BCUT2D eigenvalue weighted by Gasteiger charge is -2.11. The van der Waals surface area contributed by atoms with Crippen LogP contribution >= 0.6 is 0 Å². The number of rotatable bonds is 4. The minimum atomic E-state index is 0.708. The van der Waals surface area contributed by atoms with Crippen molar-refractivity contribution in [1.29, 1.82) is 0 Å². The molecule has 0 bridgehead atoms. The van der Waals surface area contributed by atoms with Gasteiger partial charge in [-0.25, -0.2) is 4.68 Å². The zero-order valence-electron chi connectivity index (χ0n) is 11.5. The molecule has 100 valence electrons. The van der Waals surface area contributed by atoms with E-state index in [1.54, 1.807) is 0 Å². The van der Waals surface area contributed by atoms with E-state index in [0.717, 1.165) is 12.2 Å². The highest BCUT2D eigenvalue weighted by molar-refractivity contribution is 5.34. The first-order valence-corrected chi connectivity index (χ1v) is 7.17. The molecule has 0 spiro atoms. The second kappa shape index (κ2) is 5.57. The number of benzene rings is 1. The average Bonchev–Trinajstić information content (AvgIpc) is 3.07. The van der Waals surface area contributed by atoms with E-state index >= 15 is 0 Å². The van der Waals surface area contributed by atoms with Crippen molar-refractivity contribution in [3.05, 3.63) is 47.8 Å². The molecule has 1 N–H and O–H groups in total. The third-order valence-corrected chi connectivity index (χ3v) is 4.05. The molecule has 2 aromatic rings. The predicted octanol–water partition coefficient (Wildman–Crippen LogP) is 3.21. The Balaban J connectivity index is 1.72. The predicted molar refractivity (Wildman–Crippen MR) is 77.4 cm³/mol. The van der Waals surface area contributed by atoms with Gasteiger partial charge in [0.05, 0.1) is 11.9 Å². The Labute approximate surface area is 114 Å². The number of para-hydroxylation sites is 1. The summed E-state index contributed by atoms with van der Waals surface area (Å²) in [5, 5.41) is 8.16. The van der Waals surface area contributed by atoms with Gasteiger partial charge in [-0.2, -0.15) is 5.10 Å². The summed E-state index contributed by atoms with van der Waals surface area (Å²) in [5.41, 5.74) is 3.67. The molecule has 0 unspecified atom stereocenters. The second-order valence-corrected chi connectivity index (χ2v) is 5.36. The zero-order chi connectivity index (χ0) is 13.1. The topological polar surface area (TPSA) is 29.9 Å². The van der Waals surface area contributed by atoms with Crippen molar-refractivity contribution >= 4 is 0 Å². The van der Waals surface area contributed by atoms with Crippen molar-refractivity contribution in [3.63, 3.8) is 0 Å². The SMILES string of the molecule is Cc1c(CNC2CCCC2)cnn1-c1ccccc1. The molecule has 0 aliphatic heterocycles. The Bertz CT molecular complexity index is 524. The Morgan fingerprint density at radius 2 is 1.95 bits per heavy atom. The standard InChI is InChI=1S/C16H21N3/c1-13-14(11-17-15-7-5-6-8-15)12-18-19(13)16-9-3-2-4-10-16/h2-4,9-10,12,15,17H,5-8,11H2,1H3. The van der Waals surface area contributed by atoms with Crippen LogP contribution < -0.4 is 5.32 Å². The fraction of sp³-hybridized carbons (Fsp3) is 0.438. The van der Waals surface area contributed by atoms with Crippen LogP contribution in [0.2, 0.25) is 0 Å². The summed E-state index contributed by atoms with van der Waals surface area (Å²) < 4.78 is 2.02. The maximum absolute atomic E-state index is 4.51. The minimum absolute atomic E-state index is 0.708. The van der Waals surface area contributed by atoms with Gasteiger partial charge in [-0.15, -0.1) is 0 Å². The summed E-state index contributed by atoms with van der Waals surface area (Å²) in [7, 11) is 0. The van der Waals surface area contributed by atoms with Gasteiger partial charge in [0.15, 0.2) is 0 Å². The molecule has 0 radical (unpaired) electrons. The molecule has 1 aromatic carbocycles. The van der Waals surface area contributed by atoms with Crippen LogP contribution in [0.25, 0.3) is 5.69 Å². The average molecular weight is 255 g/mol. The van der Waals surface area contributed by atoms with E-state index in [1.165, 1.54) is 36.9 Å². The van der Waals surface area contributed by atoms with E-state index in [0.29, 0.717) is 6.04 Å². The third-order valence-electron chi connectivity index (χ3n) is 4.05. The highest BCUT2D eigenvalue weighted by Gasteiger charge is 2.15. The van der Waals surface area contributed by atoms with E-state index in [-0.39, 0.29) is 0 Å². The maximum Gasteiger partial charge on any atom is 0.0648 e. The van der Waals surface area contributed by atoms with E-state index in [1.807, 2.05) is 29.1 Å². The molecule has 0 amide bonds. The number of nitrogens with one attached hydrogen (secondary N) is 1. The van der Waals surface area contributed by atoms with Gasteiger partial charge >= 0.3 is 0 Å². The lowest BCUT2D eigenvalue weighted by atomic mass is 10.2. The van der Waals surface area contributed by atoms with Gasteiger partial charge < -0.3 is 5.32 Å². The van der Waals surface area contributed by atoms with Crippen LogP contribution in [0.3, 0.4) is 0 Å². The number of aromatic nitrogens is 2. The zero-order valence-corrected chi connectivity index (χ0v) is 11.5. The van der Waals surface area contributed by atoms with Crippen LogP contribution in [0.5, 0.6) is 0 Å². The molecular formula is C16H21N3. The van der Waals surface area contributed by atoms with Gasteiger partial charge in [-0.3, -0.25) is 0 Å². The summed E-state index contributed by atoms with van der Waals surface area (Å²) >= 11 is 0. The fourth-order valence-electron chi connectivity index (χ4n) is 2.83. The van der Waals surface area contributed by atoms with Crippen LogP contribution in [0.15, 0.2) is 36.5 Å². The molecule has 1 fully saturated rings. The lowest BCUT2D eigenvalue weighted by molar-refractivity contribution is 0.523. The largest absolute Gasteiger partial charge is 0.310 e. The van der Waals surface area contributed by atoms with E-state index in [9.17, 15) is 0 Å². The molecular weight excluding hydrogens is 234 g/mol. The van der Waals surface area contributed by atoms with Gasteiger partial charge in [0.25, 0.3) is 0 Å². The molecule has 1 aliphatic rings. The molecule has 1 saturated carbocycles. The van der Waals surface area contributed by atoms with Gasteiger partial charge in [0.1, 0.15) is 0 Å². The van der Waals surface area contributed by atoms with Gasteiger partial charge in [0, 0.05) is 23.8 Å². The van der Waals surface area contributed by atoms with Crippen molar-refractivity contribution < 1.29 is 0 Å².